The van der Waals surface area contributed by atoms with Crippen LogP contribution in [-0.2, 0) is 0 Å². The van der Waals surface area contributed by atoms with Crippen molar-refractivity contribution in [3.8, 4) is 0 Å². The summed E-state index contributed by atoms with van der Waals surface area (Å²) in [4.78, 5) is 17.5. The number of likely N-dealkylation sites (tertiary alicyclic amines) is 1. The van der Waals surface area contributed by atoms with Crippen LogP contribution in [0.25, 0.3) is 11.0 Å². The van der Waals surface area contributed by atoms with Crippen molar-refractivity contribution in [3.63, 3.8) is 0 Å². The second kappa shape index (κ2) is 4.69. The van der Waals surface area contributed by atoms with Gasteiger partial charge in [-0.3, -0.25) is 9.47 Å². The topological polar surface area (TPSA) is 41.0 Å². The number of nitrogens with zero attached hydrogens (tertiary/aromatic N) is 2. The smallest absolute Gasteiger partial charge is 0.305 e. The van der Waals surface area contributed by atoms with Crippen LogP contribution in [0.2, 0.25) is 5.02 Å². The van der Waals surface area contributed by atoms with Crippen molar-refractivity contribution in [2.24, 2.45) is 0 Å². The molecule has 5 heteroatoms. The van der Waals surface area contributed by atoms with Gasteiger partial charge in [0.05, 0.1) is 17.1 Å². The summed E-state index contributed by atoms with van der Waals surface area (Å²) in [5, 5.41) is 0.649. The number of H-pyrrole nitrogens is 1. The van der Waals surface area contributed by atoms with E-state index >= 15 is 0 Å². The van der Waals surface area contributed by atoms with Gasteiger partial charge in [-0.05, 0) is 38.5 Å². The Morgan fingerprint density at radius 2 is 2.21 bits per heavy atom. The van der Waals surface area contributed by atoms with Crippen LogP contribution in [0.15, 0.2) is 23.0 Å². The first-order valence-corrected chi connectivity index (χ1v) is 7.08. The van der Waals surface area contributed by atoms with Gasteiger partial charge < -0.3 is 4.98 Å². The second-order valence-electron chi connectivity index (χ2n) is 5.49. The summed E-state index contributed by atoms with van der Waals surface area (Å²) < 4.78 is 1.88. The highest BCUT2D eigenvalue weighted by atomic mass is 35.5. The minimum atomic E-state index is -0.0344. The Kier molecular flexibility index (Phi) is 3.15. The SMILES string of the molecule is CC(C)N1CCC(n2c(=O)[nH]c3cc(Cl)ccc32)C1. The summed E-state index contributed by atoms with van der Waals surface area (Å²) in [6.45, 7) is 6.38. The molecule has 1 aromatic carbocycles. The van der Waals surface area contributed by atoms with Crippen molar-refractivity contribution < 1.29 is 0 Å². The van der Waals surface area contributed by atoms with Crippen LogP contribution in [0.5, 0.6) is 0 Å². The van der Waals surface area contributed by atoms with Gasteiger partial charge in [0.25, 0.3) is 0 Å². The standard InChI is InChI=1S/C14H18ClN3O/c1-9(2)17-6-5-11(8-17)18-13-4-3-10(15)7-12(13)16-14(18)19/h3-4,7,9,11H,5-6,8H2,1-2H3,(H,16,19). The molecule has 0 aliphatic carbocycles. The van der Waals surface area contributed by atoms with E-state index in [1.165, 1.54) is 0 Å². The van der Waals surface area contributed by atoms with Gasteiger partial charge >= 0.3 is 5.69 Å². The summed E-state index contributed by atoms with van der Waals surface area (Å²) in [6.07, 6.45) is 1.02. The fourth-order valence-electron chi connectivity index (χ4n) is 2.91. The van der Waals surface area contributed by atoms with Crippen LogP contribution >= 0.6 is 11.6 Å². The van der Waals surface area contributed by atoms with E-state index in [1.807, 2.05) is 22.8 Å². The molecule has 19 heavy (non-hydrogen) atoms. The predicted molar refractivity (Wildman–Crippen MR) is 77.9 cm³/mol. The Labute approximate surface area is 117 Å². The molecular weight excluding hydrogens is 262 g/mol. The first kappa shape index (κ1) is 12.8. The maximum atomic E-state index is 12.2. The van der Waals surface area contributed by atoms with Gasteiger partial charge in [0.2, 0.25) is 0 Å². The molecule has 1 N–H and O–H groups in total. The molecule has 102 valence electrons. The molecule has 1 unspecified atom stereocenters. The highest BCUT2D eigenvalue weighted by Gasteiger charge is 2.27. The molecule has 1 atom stereocenters. The molecule has 0 saturated carbocycles. The number of benzene rings is 1. The molecule has 1 aromatic heterocycles. The van der Waals surface area contributed by atoms with Gasteiger partial charge in [0, 0.05) is 24.2 Å². The van der Waals surface area contributed by atoms with E-state index in [4.69, 9.17) is 11.6 Å². The summed E-state index contributed by atoms with van der Waals surface area (Å²) in [6, 6.07) is 6.35. The van der Waals surface area contributed by atoms with E-state index in [9.17, 15) is 4.79 Å². The molecular formula is C14H18ClN3O. The number of fused-ring (bicyclic) bond motifs is 1. The third-order valence-corrected chi connectivity index (χ3v) is 4.20. The fourth-order valence-corrected chi connectivity index (χ4v) is 3.09. The van der Waals surface area contributed by atoms with E-state index in [0.29, 0.717) is 11.1 Å². The zero-order chi connectivity index (χ0) is 13.6. The predicted octanol–water partition coefficient (Wildman–Crippen LogP) is 2.64. The lowest BCUT2D eigenvalue weighted by Gasteiger charge is -2.20. The lowest BCUT2D eigenvalue weighted by molar-refractivity contribution is 0.265. The molecule has 2 aromatic rings. The number of hydrogen-bond acceptors (Lipinski definition) is 2. The highest BCUT2D eigenvalue weighted by molar-refractivity contribution is 6.31. The van der Waals surface area contributed by atoms with Crippen LogP contribution in [0.1, 0.15) is 26.3 Å². The summed E-state index contributed by atoms with van der Waals surface area (Å²) >= 11 is 5.97. The van der Waals surface area contributed by atoms with E-state index < -0.39 is 0 Å². The maximum absolute atomic E-state index is 12.2. The largest absolute Gasteiger partial charge is 0.326 e. The van der Waals surface area contributed by atoms with E-state index in [0.717, 1.165) is 30.5 Å². The molecule has 0 radical (unpaired) electrons. The van der Waals surface area contributed by atoms with E-state index in [1.54, 1.807) is 0 Å². The third kappa shape index (κ3) is 2.19. The zero-order valence-corrected chi connectivity index (χ0v) is 11.9. The average molecular weight is 280 g/mol. The normalized spacial score (nSPS) is 20.7. The Balaban J connectivity index is 2.02. The number of aromatic amines is 1. The van der Waals surface area contributed by atoms with Gasteiger partial charge in [-0.1, -0.05) is 11.6 Å². The van der Waals surface area contributed by atoms with Crippen LogP contribution < -0.4 is 5.69 Å². The van der Waals surface area contributed by atoms with Crippen molar-refractivity contribution in [1.82, 2.24) is 14.5 Å². The highest BCUT2D eigenvalue weighted by Crippen LogP contribution is 2.26. The quantitative estimate of drug-likeness (QED) is 0.918. The van der Waals surface area contributed by atoms with Crippen molar-refractivity contribution in [1.29, 1.82) is 0 Å². The Bertz CT molecular complexity index is 658. The van der Waals surface area contributed by atoms with E-state index in [2.05, 4.69) is 23.7 Å². The van der Waals surface area contributed by atoms with Crippen LogP contribution in [-0.4, -0.2) is 33.6 Å². The minimum absolute atomic E-state index is 0.0344. The third-order valence-electron chi connectivity index (χ3n) is 3.97. The van der Waals surface area contributed by atoms with Crippen molar-refractivity contribution in [3.05, 3.63) is 33.7 Å². The first-order chi connectivity index (χ1) is 9.06. The number of hydrogen-bond donors (Lipinski definition) is 1. The zero-order valence-electron chi connectivity index (χ0n) is 11.2. The number of rotatable bonds is 2. The number of imidazole rings is 1. The molecule has 1 aliphatic heterocycles. The van der Waals surface area contributed by atoms with Crippen LogP contribution in [0.3, 0.4) is 0 Å². The Morgan fingerprint density at radius 1 is 1.42 bits per heavy atom. The Hall–Kier alpha value is -1.26. The van der Waals surface area contributed by atoms with Gasteiger partial charge in [-0.25, -0.2) is 4.79 Å². The summed E-state index contributed by atoms with van der Waals surface area (Å²) in [5.41, 5.74) is 1.73. The van der Waals surface area contributed by atoms with Gasteiger partial charge in [0.15, 0.2) is 0 Å². The fraction of sp³-hybridized carbons (Fsp3) is 0.500. The van der Waals surface area contributed by atoms with Crippen molar-refractivity contribution in [2.75, 3.05) is 13.1 Å². The summed E-state index contributed by atoms with van der Waals surface area (Å²) in [5.74, 6) is 0. The molecule has 4 nitrogen and oxygen atoms in total. The number of aromatic nitrogens is 2. The Morgan fingerprint density at radius 3 is 2.89 bits per heavy atom. The molecule has 2 heterocycles. The number of halogens is 1. The van der Waals surface area contributed by atoms with Crippen LogP contribution in [0, 0.1) is 0 Å². The lowest BCUT2D eigenvalue weighted by Crippen LogP contribution is -2.30. The number of nitrogens with one attached hydrogen (secondary N) is 1. The summed E-state index contributed by atoms with van der Waals surface area (Å²) in [7, 11) is 0. The maximum Gasteiger partial charge on any atom is 0.326 e. The molecule has 0 amide bonds. The van der Waals surface area contributed by atoms with Gasteiger partial charge in [-0.2, -0.15) is 0 Å². The van der Waals surface area contributed by atoms with E-state index in [-0.39, 0.29) is 11.7 Å². The molecule has 0 bridgehead atoms. The molecule has 1 saturated heterocycles. The van der Waals surface area contributed by atoms with Crippen molar-refractivity contribution in [2.45, 2.75) is 32.4 Å². The van der Waals surface area contributed by atoms with Gasteiger partial charge in [0.1, 0.15) is 0 Å². The second-order valence-corrected chi connectivity index (χ2v) is 5.93. The molecule has 3 rings (SSSR count). The molecule has 0 spiro atoms. The lowest BCUT2D eigenvalue weighted by atomic mass is 10.2. The van der Waals surface area contributed by atoms with Gasteiger partial charge in [-0.15, -0.1) is 0 Å². The average Bonchev–Trinajstić information content (AvgIpc) is 2.91. The van der Waals surface area contributed by atoms with Crippen LogP contribution in [0.4, 0.5) is 0 Å². The molecule has 1 aliphatic rings. The minimum Gasteiger partial charge on any atom is -0.305 e. The first-order valence-electron chi connectivity index (χ1n) is 6.70. The monoisotopic (exact) mass is 279 g/mol. The van der Waals surface area contributed by atoms with Crippen molar-refractivity contribution >= 4 is 22.6 Å². The molecule has 1 fully saturated rings.